The summed E-state index contributed by atoms with van der Waals surface area (Å²) in [6, 6.07) is 6.24. The molecule has 0 spiro atoms. The molecule has 3 nitrogen and oxygen atoms in total. The van der Waals surface area contributed by atoms with Gasteiger partial charge >= 0.3 is 0 Å². The van der Waals surface area contributed by atoms with Crippen molar-refractivity contribution in [3.63, 3.8) is 0 Å². The zero-order valence-electron chi connectivity index (χ0n) is 7.33. The highest BCUT2D eigenvalue weighted by Gasteiger charge is 2.22. The lowest BCUT2D eigenvalue weighted by Crippen LogP contribution is -2.08. The van der Waals surface area contributed by atoms with Crippen LogP contribution in [-0.2, 0) is 0 Å². The number of aromatic amines is 1. The van der Waals surface area contributed by atoms with Crippen LogP contribution in [0, 0.1) is 0 Å². The van der Waals surface area contributed by atoms with Gasteiger partial charge in [-0.1, -0.05) is 18.6 Å². The maximum Gasteiger partial charge on any atom is 0.116 e. The van der Waals surface area contributed by atoms with Crippen LogP contribution >= 0.6 is 0 Å². The highest BCUT2D eigenvalue weighted by molar-refractivity contribution is 5.77. The number of rotatable bonds is 1. The Hall–Kier alpha value is -1.38. The molecule has 1 N–H and O–H groups in total. The fraction of sp³-hybridized carbons (Fsp3) is 0.400. The first-order valence-electron chi connectivity index (χ1n) is 4.74. The predicted octanol–water partition coefficient (Wildman–Crippen LogP) is 2.23. The molecule has 0 aliphatic heterocycles. The van der Waals surface area contributed by atoms with Gasteiger partial charge in [0.1, 0.15) is 11.0 Å². The van der Waals surface area contributed by atoms with E-state index in [1.54, 1.807) is 0 Å². The molecule has 1 aliphatic carbocycles. The van der Waals surface area contributed by atoms with Gasteiger partial charge in [-0.3, -0.25) is 0 Å². The Morgan fingerprint density at radius 1 is 1.23 bits per heavy atom. The number of hydrogen-bond donors (Lipinski definition) is 1. The highest BCUT2D eigenvalue weighted by atomic mass is 15.3. The minimum Gasteiger partial charge on any atom is -0.197 e. The summed E-state index contributed by atoms with van der Waals surface area (Å²) < 4.78 is 0. The summed E-state index contributed by atoms with van der Waals surface area (Å²) in [4.78, 5) is 0. The van der Waals surface area contributed by atoms with Gasteiger partial charge in [0.2, 0.25) is 0 Å². The van der Waals surface area contributed by atoms with Crippen LogP contribution in [0.1, 0.15) is 30.7 Å². The van der Waals surface area contributed by atoms with Crippen molar-refractivity contribution in [3.8, 4) is 0 Å². The fourth-order valence-corrected chi connectivity index (χ4v) is 1.94. The van der Waals surface area contributed by atoms with E-state index >= 15 is 0 Å². The number of fused-ring (bicyclic) bond motifs is 1. The zero-order valence-corrected chi connectivity index (χ0v) is 7.33. The number of H-pyrrole nitrogens is 1. The van der Waals surface area contributed by atoms with E-state index in [4.69, 9.17) is 0 Å². The Kier molecular flexibility index (Phi) is 1.39. The maximum absolute atomic E-state index is 4.19. The van der Waals surface area contributed by atoms with Gasteiger partial charge in [-0.05, 0) is 30.4 Å². The minimum absolute atomic E-state index is 0.730. The van der Waals surface area contributed by atoms with Gasteiger partial charge in [0, 0.05) is 0 Å². The van der Waals surface area contributed by atoms with Gasteiger partial charge in [-0.15, -0.1) is 0 Å². The van der Waals surface area contributed by atoms with E-state index in [1.165, 1.54) is 24.8 Å². The van der Waals surface area contributed by atoms with Crippen LogP contribution in [-0.4, -0.2) is 15.4 Å². The predicted molar refractivity (Wildman–Crippen MR) is 50.5 cm³/mol. The first-order valence-corrected chi connectivity index (χ1v) is 4.74. The average Bonchev–Trinajstić information content (AvgIpc) is 2.49. The number of hydrogen-bond acceptors (Lipinski definition) is 2. The largest absolute Gasteiger partial charge is 0.197 e. The van der Waals surface area contributed by atoms with Gasteiger partial charge in [0.15, 0.2) is 0 Å². The average molecular weight is 173 g/mol. The topological polar surface area (TPSA) is 41.6 Å². The van der Waals surface area contributed by atoms with Crippen LogP contribution in [0.4, 0.5) is 0 Å². The molecule has 0 unspecified atom stereocenters. The van der Waals surface area contributed by atoms with Gasteiger partial charge in [0.25, 0.3) is 0 Å². The van der Waals surface area contributed by atoms with Crippen molar-refractivity contribution >= 4 is 11.0 Å². The second-order valence-electron chi connectivity index (χ2n) is 3.67. The van der Waals surface area contributed by atoms with Crippen LogP contribution in [0.5, 0.6) is 0 Å². The summed E-state index contributed by atoms with van der Waals surface area (Å²) >= 11 is 0. The summed E-state index contributed by atoms with van der Waals surface area (Å²) in [5.41, 5.74) is 3.43. The molecule has 0 atom stereocenters. The van der Waals surface area contributed by atoms with E-state index in [9.17, 15) is 0 Å². The first kappa shape index (κ1) is 7.06. The SMILES string of the molecule is c1cc(C2CCC2)c2n[nH]nc2c1. The molecular formula is C10H11N3. The Morgan fingerprint density at radius 3 is 2.92 bits per heavy atom. The number of para-hydroxylation sites is 1. The molecule has 0 amide bonds. The Balaban J connectivity index is 2.20. The van der Waals surface area contributed by atoms with E-state index < -0.39 is 0 Å². The number of aromatic nitrogens is 3. The first-order chi connectivity index (χ1) is 6.45. The second kappa shape index (κ2) is 2.55. The van der Waals surface area contributed by atoms with E-state index in [-0.39, 0.29) is 0 Å². The van der Waals surface area contributed by atoms with Crippen molar-refractivity contribution in [2.75, 3.05) is 0 Å². The van der Waals surface area contributed by atoms with Crippen LogP contribution < -0.4 is 0 Å². The third kappa shape index (κ3) is 0.963. The molecule has 1 saturated carbocycles. The molecular weight excluding hydrogens is 162 g/mol. The molecule has 3 rings (SSSR count). The van der Waals surface area contributed by atoms with Crippen molar-refractivity contribution < 1.29 is 0 Å². The van der Waals surface area contributed by atoms with E-state index in [0.717, 1.165) is 17.0 Å². The number of benzene rings is 1. The van der Waals surface area contributed by atoms with Gasteiger partial charge < -0.3 is 0 Å². The molecule has 2 aromatic rings. The van der Waals surface area contributed by atoms with Crippen molar-refractivity contribution in [1.82, 2.24) is 15.4 Å². The lowest BCUT2D eigenvalue weighted by Gasteiger charge is -2.25. The third-order valence-electron chi connectivity index (χ3n) is 2.92. The van der Waals surface area contributed by atoms with Crippen LogP contribution in [0.15, 0.2) is 18.2 Å². The molecule has 0 bridgehead atoms. The summed E-state index contributed by atoms with van der Waals surface area (Å²) in [6.45, 7) is 0. The van der Waals surface area contributed by atoms with Crippen molar-refractivity contribution in [1.29, 1.82) is 0 Å². The molecule has 13 heavy (non-hydrogen) atoms. The lowest BCUT2D eigenvalue weighted by atomic mass is 9.79. The van der Waals surface area contributed by atoms with Crippen molar-refractivity contribution in [2.45, 2.75) is 25.2 Å². The summed E-state index contributed by atoms with van der Waals surface area (Å²) in [7, 11) is 0. The molecule has 0 radical (unpaired) electrons. The summed E-state index contributed by atoms with van der Waals surface area (Å²) in [6.07, 6.45) is 3.98. The summed E-state index contributed by atoms with van der Waals surface area (Å²) in [5.74, 6) is 0.730. The molecule has 1 aromatic carbocycles. The quantitative estimate of drug-likeness (QED) is 0.718. The van der Waals surface area contributed by atoms with Crippen molar-refractivity contribution in [3.05, 3.63) is 23.8 Å². The Labute approximate surface area is 76.2 Å². The maximum atomic E-state index is 4.19. The Bertz CT molecular complexity index is 428. The molecule has 66 valence electrons. The summed E-state index contributed by atoms with van der Waals surface area (Å²) in [5, 5.41) is 11.0. The van der Waals surface area contributed by atoms with Crippen LogP contribution in [0.25, 0.3) is 11.0 Å². The monoisotopic (exact) mass is 173 g/mol. The highest BCUT2D eigenvalue weighted by Crippen LogP contribution is 2.38. The van der Waals surface area contributed by atoms with Gasteiger partial charge in [-0.25, -0.2) is 0 Å². The molecule has 1 heterocycles. The fourth-order valence-electron chi connectivity index (χ4n) is 1.94. The number of nitrogens with zero attached hydrogens (tertiary/aromatic N) is 2. The second-order valence-corrected chi connectivity index (χ2v) is 3.67. The molecule has 3 heteroatoms. The van der Waals surface area contributed by atoms with Gasteiger partial charge in [0.05, 0.1) is 0 Å². The third-order valence-corrected chi connectivity index (χ3v) is 2.92. The van der Waals surface area contributed by atoms with E-state index in [1.807, 2.05) is 6.07 Å². The molecule has 1 aromatic heterocycles. The van der Waals surface area contributed by atoms with Crippen LogP contribution in [0.2, 0.25) is 0 Å². The lowest BCUT2D eigenvalue weighted by molar-refractivity contribution is 0.422. The zero-order chi connectivity index (χ0) is 8.67. The van der Waals surface area contributed by atoms with Gasteiger partial charge in [-0.2, -0.15) is 15.4 Å². The molecule has 0 saturated heterocycles. The van der Waals surface area contributed by atoms with Crippen molar-refractivity contribution in [2.24, 2.45) is 0 Å². The standard InChI is InChI=1S/C10H11N3/c1-3-7(4-1)8-5-2-6-9-10(8)12-13-11-9/h2,5-7H,1,3-4H2,(H,11,12,13). The Morgan fingerprint density at radius 2 is 2.15 bits per heavy atom. The normalized spacial score (nSPS) is 17.5. The smallest absolute Gasteiger partial charge is 0.116 e. The van der Waals surface area contributed by atoms with E-state index in [2.05, 4.69) is 27.5 Å². The van der Waals surface area contributed by atoms with E-state index in [0.29, 0.717) is 0 Å². The molecule has 1 fully saturated rings. The van der Waals surface area contributed by atoms with Crippen LogP contribution in [0.3, 0.4) is 0 Å². The number of nitrogens with one attached hydrogen (secondary N) is 1. The minimum atomic E-state index is 0.730. The molecule has 1 aliphatic rings.